The second-order valence-corrected chi connectivity index (χ2v) is 6.48. The summed E-state index contributed by atoms with van der Waals surface area (Å²) >= 11 is 0. The normalized spacial score (nSPS) is 21.4. The number of nitrogens with zero attached hydrogens (tertiary/aromatic N) is 1. The first-order chi connectivity index (χ1) is 9.43. The molecule has 112 valence electrons. The third-order valence-corrected chi connectivity index (χ3v) is 4.37. The Morgan fingerprint density at radius 1 is 1.20 bits per heavy atom. The molecule has 1 saturated heterocycles. The van der Waals surface area contributed by atoms with Gasteiger partial charge in [-0.05, 0) is 55.5 Å². The van der Waals surface area contributed by atoms with Gasteiger partial charge < -0.3 is 5.73 Å². The fourth-order valence-corrected chi connectivity index (χ4v) is 2.97. The molecule has 0 bridgehead atoms. The van der Waals surface area contributed by atoms with Crippen LogP contribution in [0.1, 0.15) is 44.7 Å². The predicted molar refractivity (Wildman–Crippen MR) is 77.4 cm³/mol. The van der Waals surface area contributed by atoms with Gasteiger partial charge in [-0.1, -0.05) is 19.9 Å². The molecule has 0 aliphatic carbocycles. The summed E-state index contributed by atoms with van der Waals surface area (Å²) in [5.74, 6) is -1.60. The lowest BCUT2D eigenvalue weighted by molar-refractivity contribution is 0.199. The van der Waals surface area contributed by atoms with Crippen LogP contribution in [0.5, 0.6) is 0 Å². The third kappa shape index (κ3) is 3.55. The van der Waals surface area contributed by atoms with Crippen molar-refractivity contribution >= 4 is 0 Å². The maximum atomic E-state index is 13.4. The summed E-state index contributed by atoms with van der Waals surface area (Å²) in [5, 5.41) is 0. The Balaban J connectivity index is 2.17. The van der Waals surface area contributed by atoms with Crippen molar-refractivity contribution in [3.05, 3.63) is 35.4 Å². The second-order valence-electron chi connectivity index (χ2n) is 6.48. The van der Waals surface area contributed by atoms with E-state index < -0.39 is 11.6 Å². The van der Waals surface area contributed by atoms with Gasteiger partial charge in [-0.2, -0.15) is 0 Å². The molecular formula is C16H24F2N2. The summed E-state index contributed by atoms with van der Waals surface area (Å²) in [6.07, 6.45) is 3.42. The molecule has 2 rings (SSSR count). The fraction of sp³-hybridized carbons (Fsp3) is 0.625. The molecule has 0 saturated carbocycles. The van der Waals surface area contributed by atoms with Crippen molar-refractivity contribution in [3.8, 4) is 0 Å². The Bertz CT molecular complexity index is 460. The monoisotopic (exact) mass is 282 g/mol. The molecule has 1 aromatic carbocycles. The van der Waals surface area contributed by atoms with Gasteiger partial charge in [0.1, 0.15) is 0 Å². The molecule has 1 aliphatic rings. The summed E-state index contributed by atoms with van der Waals surface area (Å²) < 4.78 is 26.5. The highest BCUT2D eigenvalue weighted by molar-refractivity contribution is 5.22. The molecule has 1 heterocycles. The standard InChI is InChI=1S/C16H24F2N2/c1-16(2)6-3-8-20(9-7-16)15(11-19)12-4-5-13(17)14(18)10-12/h4-5,10,15H,3,6-9,11,19H2,1-2H3. The van der Waals surface area contributed by atoms with E-state index in [2.05, 4.69) is 18.7 Å². The molecule has 20 heavy (non-hydrogen) atoms. The number of hydrogen-bond donors (Lipinski definition) is 1. The highest BCUT2D eigenvalue weighted by Gasteiger charge is 2.27. The van der Waals surface area contributed by atoms with Crippen LogP contribution in [0, 0.1) is 17.0 Å². The van der Waals surface area contributed by atoms with E-state index >= 15 is 0 Å². The SMILES string of the molecule is CC1(C)CCCN(C(CN)c2ccc(F)c(F)c2)CC1. The minimum Gasteiger partial charge on any atom is -0.329 e. The lowest BCUT2D eigenvalue weighted by Crippen LogP contribution is -2.35. The van der Waals surface area contributed by atoms with Crippen LogP contribution >= 0.6 is 0 Å². The summed E-state index contributed by atoms with van der Waals surface area (Å²) in [6.45, 7) is 6.90. The van der Waals surface area contributed by atoms with Crippen LogP contribution in [0.4, 0.5) is 8.78 Å². The highest BCUT2D eigenvalue weighted by Crippen LogP contribution is 2.33. The van der Waals surface area contributed by atoms with Gasteiger partial charge in [0.15, 0.2) is 11.6 Å². The van der Waals surface area contributed by atoms with Crippen LogP contribution in [0.25, 0.3) is 0 Å². The average molecular weight is 282 g/mol. The molecule has 0 amide bonds. The van der Waals surface area contributed by atoms with Crippen LogP contribution in [-0.4, -0.2) is 24.5 Å². The van der Waals surface area contributed by atoms with Gasteiger partial charge in [0, 0.05) is 12.6 Å². The maximum Gasteiger partial charge on any atom is 0.159 e. The van der Waals surface area contributed by atoms with E-state index in [1.807, 2.05) is 0 Å². The Morgan fingerprint density at radius 3 is 2.60 bits per heavy atom. The van der Waals surface area contributed by atoms with Gasteiger partial charge in [-0.3, -0.25) is 4.90 Å². The van der Waals surface area contributed by atoms with Crippen molar-refractivity contribution in [3.63, 3.8) is 0 Å². The smallest absolute Gasteiger partial charge is 0.159 e. The van der Waals surface area contributed by atoms with Crippen LogP contribution in [0.15, 0.2) is 18.2 Å². The average Bonchev–Trinajstić information content (AvgIpc) is 2.56. The lowest BCUT2D eigenvalue weighted by atomic mass is 9.85. The van der Waals surface area contributed by atoms with Crippen molar-refractivity contribution in [2.24, 2.45) is 11.1 Å². The summed E-state index contributed by atoms with van der Waals surface area (Å²) in [7, 11) is 0. The van der Waals surface area contributed by atoms with Gasteiger partial charge in [0.2, 0.25) is 0 Å². The molecular weight excluding hydrogens is 258 g/mol. The van der Waals surface area contributed by atoms with E-state index in [9.17, 15) is 8.78 Å². The number of halogens is 2. The number of benzene rings is 1. The number of likely N-dealkylation sites (tertiary alicyclic amines) is 1. The Kier molecular flexibility index (Phi) is 4.76. The van der Waals surface area contributed by atoms with Crippen molar-refractivity contribution in [2.45, 2.75) is 39.2 Å². The van der Waals surface area contributed by atoms with Gasteiger partial charge in [-0.25, -0.2) is 8.78 Å². The molecule has 1 atom stereocenters. The third-order valence-electron chi connectivity index (χ3n) is 4.37. The van der Waals surface area contributed by atoms with Crippen LogP contribution < -0.4 is 5.73 Å². The zero-order valence-electron chi connectivity index (χ0n) is 12.3. The molecule has 2 nitrogen and oxygen atoms in total. The van der Waals surface area contributed by atoms with Crippen molar-refractivity contribution in [2.75, 3.05) is 19.6 Å². The minimum atomic E-state index is -0.804. The van der Waals surface area contributed by atoms with Crippen LogP contribution in [-0.2, 0) is 0 Å². The van der Waals surface area contributed by atoms with Crippen molar-refractivity contribution in [1.82, 2.24) is 4.90 Å². The lowest BCUT2D eigenvalue weighted by Gasteiger charge is -2.30. The molecule has 1 aromatic rings. The molecule has 1 fully saturated rings. The van der Waals surface area contributed by atoms with Crippen LogP contribution in [0.2, 0.25) is 0 Å². The number of hydrogen-bond acceptors (Lipinski definition) is 2. The first-order valence-corrected chi connectivity index (χ1v) is 7.32. The quantitative estimate of drug-likeness (QED) is 0.919. The number of nitrogens with two attached hydrogens (primary N) is 1. The van der Waals surface area contributed by atoms with E-state index in [4.69, 9.17) is 5.73 Å². The Morgan fingerprint density at radius 2 is 1.95 bits per heavy atom. The van der Waals surface area contributed by atoms with Gasteiger partial charge in [-0.15, -0.1) is 0 Å². The molecule has 0 spiro atoms. The molecule has 1 aliphatic heterocycles. The van der Waals surface area contributed by atoms with Crippen molar-refractivity contribution in [1.29, 1.82) is 0 Å². The summed E-state index contributed by atoms with van der Waals surface area (Å²) in [6, 6.07) is 4.09. The van der Waals surface area contributed by atoms with Gasteiger partial charge >= 0.3 is 0 Å². The van der Waals surface area contributed by atoms with E-state index in [1.165, 1.54) is 18.6 Å². The second kappa shape index (κ2) is 6.19. The van der Waals surface area contributed by atoms with Crippen molar-refractivity contribution < 1.29 is 8.78 Å². The van der Waals surface area contributed by atoms with E-state index in [1.54, 1.807) is 6.07 Å². The van der Waals surface area contributed by atoms with Gasteiger partial charge in [0.05, 0.1) is 0 Å². The first kappa shape index (κ1) is 15.4. The molecule has 1 unspecified atom stereocenters. The molecule has 4 heteroatoms. The molecule has 0 radical (unpaired) electrons. The van der Waals surface area contributed by atoms with Crippen LogP contribution in [0.3, 0.4) is 0 Å². The fourth-order valence-electron chi connectivity index (χ4n) is 2.97. The number of rotatable bonds is 3. The van der Waals surface area contributed by atoms with E-state index in [0.29, 0.717) is 12.0 Å². The highest BCUT2D eigenvalue weighted by atomic mass is 19.2. The van der Waals surface area contributed by atoms with E-state index in [0.717, 1.165) is 31.5 Å². The topological polar surface area (TPSA) is 29.3 Å². The first-order valence-electron chi connectivity index (χ1n) is 7.32. The summed E-state index contributed by atoms with van der Waals surface area (Å²) in [5.41, 5.74) is 7.00. The Hall–Kier alpha value is -1.00. The largest absolute Gasteiger partial charge is 0.329 e. The van der Waals surface area contributed by atoms with Gasteiger partial charge in [0.25, 0.3) is 0 Å². The maximum absolute atomic E-state index is 13.4. The minimum absolute atomic E-state index is 0.0287. The zero-order valence-corrected chi connectivity index (χ0v) is 12.3. The Labute approximate surface area is 120 Å². The molecule has 2 N–H and O–H groups in total. The van der Waals surface area contributed by atoms with E-state index in [-0.39, 0.29) is 6.04 Å². The summed E-state index contributed by atoms with van der Waals surface area (Å²) in [4.78, 5) is 2.31. The molecule has 0 aromatic heterocycles. The predicted octanol–water partition coefficient (Wildman–Crippen LogP) is 3.48. The zero-order chi connectivity index (χ0) is 14.8.